The second-order valence-corrected chi connectivity index (χ2v) is 16.5. The van der Waals surface area contributed by atoms with E-state index >= 15 is 0 Å². The molecule has 2 N–H and O–H groups in total. The van der Waals surface area contributed by atoms with E-state index in [1.54, 1.807) is 5.57 Å². The number of nitrogens with one attached hydrogen (secondary N) is 1. The minimum atomic E-state index is -0.518. The topological polar surface area (TPSA) is 58.6 Å². The molecule has 1 heterocycles. The van der Waals surface area contributed by atoms with Crippen LogP contribution in [0.15, 0.2) is 35.9 Å². The number of carbonyl (C=O) groups excluding carboxylic acids is 1. The summed E-state index contributed by atoms with van der Waals surface area (Å²) in [7, 11) is 0. The number of thioether (sulfide) groups is 2. The van der Waals surface area contributed by atoms with Crippen molar-refractivity contribution in [1.29, 1.82) is 0 Å². The van der Waals surface area contributed by atoms with Gasteiger partial charge in [-0.3, -0.25) is 5.32 Å². The molecule has 1 aromatic carbocycles. The Bertz CT molecular complexity index is 1060. The molecule has 1 spiro atoms. The quantitative estimate of drug-likeness (QED) is 0.374. The number of anilines is 1. The highest BCUT2D eigenvalue weighted by molar-refractivity contribution is 8.21. The monoisotopic (exact) mass is 541 g/mol. The maximum Gasteiger partial charge on any atom is 0.412 e. The molecule has 1 aliphatic heterocycles. The van der Waals surface area contributed by atoms with Crippen LogP contribution in [0.25, 0.3) is 0 Å². The van der Waals surface area contributed by atoms with Gasteiger partial charge in [-0.25, -0.2) is 4.79 Å². The molecule has 37 heavy (non-hydrogen) atoms. The van der Waals surface area contributed by atoms with Crippen LogP contribution in [0.4, 0.5) is 10.5 Å². The minimum absolute atomic E-state index is 0.00747. The Morgan fingerprint density at radius 3 is 2.49 bits per heavy atom. The molecule has 7 unspecified atom stereocenters. The Hall–Kier alpha value is -1.11. The van der Waals surface area contributed by atoms with Crippen LogP contribution in [0.5, 0.6) is 0 Å². The summed E-state index contributed by atoms with van der Waals surface area (Å²) >= 11 is 4.36. The predicted octanol–water partition coefficient (Wildman–Crippen LogP) is 7.84. The molecular weight excluding hydrogens is 498 g/mol. The van der Waals surface area contributed by atoms with Crippen molar-refractivity contribution in [3.63, 3.8) is 0 Å². The number of amides is 1. The van der Waals surface area contributed by atoms with Gasteiger partial charge in [0.1, 0.15) is 5.60 Å². The molecule has 1 aromatic rings. The van der Waals surface area contributed by atoms with E-state index in [9.17, 15) is 9.90 Å². The number of hydrogen-bond acceptors (Lipinski definition) is 5. The number of fused-ring (bicyclic) bond motifs is 5. The molecule has 4 nitrogen and oxygen atoms in total. The van der Waals surface area contributed by atoms with Crippen molar-refractivity contribution in [3.05, 3.63) is 41.5 Å². The van der Waals surface area contributed by atoms with Gasteiger partial charge in [0.05, 0.1) is 10.2 Å². The molecule has 0 aromatic heterocycles. The zero-order valence-corrected chi connectivity index (χ0v) is 24.4. The summed E-state index contributed by atoms with van der Waals surface area (Å²) in [5.41, 5.74) is 3.37. The number of benzene rings is 1. The summed E-state index contributed by atoms with van der Waals surface area (Å²) in [6.45, 7) is 8.02. The number of aliphatic hydroxyl groups is 1. The summed E-state index contributed by atoms with van der Waals surface area (Å²) in [5, 5.41) is 14.1. The fourth-order valence-corrected chi connectivity index (χ4v) is 11.9. The third-order valence-corrected chi connectivity index (χ3v) is 13.6. The lowest BCUT2D eigenvalue weighted by Gasteiger charge is -2.57. The third kappa shape index (κ3) is 4.78. The van der Waals surface area contributed by atoms with Crippen molar-refractivity contribution >= 4 is 35.3 Å². The van der Waals surface area contributed by atoms with E-state index in [0.29, 0.717) is 33.7 Å². The van der Waals surface area contributed by atoms with E-state index in [-0.39, 0.29) is 11.5 Å². The fourth-order valence-electron chi connectivity index (χ4n) is 8.69. The van der Waals surface area contributed by atoms with Crippen LogP contribution in [0, 0.1) is 29.1 Å². The van der Waals surface area contributed by atoms with Gasteiger partial charge in [0, 0.05) is 17.2 Å². The lowest BCUT2D eigenvalue weighted by Crippen LogP contribution is -2.51. The molecule has 6 rings (SSSR count). The van der Waals surface area contributed by atoms with E-state index in [1.165, 1.54) is 49.2 Å². The summed E-state index contributed by atoms with van der Waals surface area (Å²) in [5.74, 6) is 5.69. The van der Waals surface area contributed by atoms with Crippen LogP contribution in [0.3, 0.4) is 0 Å². The highest BCUT2D eigenvalue weighted by Gasteiger charge is 2.59. The molecule has 4 fully saturated rings. The van der Waals surface area contributed by atoms with E-state index in [0.717, 1.165) is 18.5 Å². The van der Waals surface area contributed by atoms with Crippen LogP contribution in [-0.4, -0.2) is 38.5 Å². The van der Waals surface area contributed by atoms with E-state index in [1.807, 2.05) is 32.9 Å². The lowest BCUT2D eigenvalue weighted by atomic mass is 9.48. The normalized spacial score (nSPS) is 38.4. The van der Waals surface area contributed by atoms with Gasteiger partial charge in [-0.2, -0.15) is 0 Å². The van der Waals surface area contributed by atoms with E-state index < -0.39 is 11.7 Å². The number of aliphatic hydroxyl groups excluding tert-OH is 1. The Morgan fingerprint density at radius 1 is 1.05 bits per heavy atom. The number of ether oxygens (including phenoxy) is 1. The molecule has 0 radical (unpaired) electrons. The number of hydrogen-bond donors (Lipinski definition) is 2. The summed E-state index contributed by atoms with van der Waals surface area (Å²) in [6.07, 6.45) is 10.5. The van der Waals surface area contributed by atoms with Gasteiger partial charge in [0.25, 0.3) is 0 Å². The van der Waals surface area contributed by atoms with Crippen molar-refractivity contribution in [2.45, 2.75) is 94.3 Å². The highest BCUT2D eigenvalue weighted by Crippen LogP contribution is 2.67. The first-order valence-corrected chi connectivity index (χ1v) is 16.3. The van der Waals surface area contributed by atoms with Crippen molar-refractivity contribution < 1.29 is 14.6 Å². The second-order valence-electron chi connectivity index (χ2n) is 13.4. The van der Waals surface area contributed by atoms with Crippen molar-refractivity contribution in [2.24, 2.45) is 29.1 Å². The van der Waals surface area contributed by atoms with Gasteiger partial charge >= 0.3 is 6.09 Å². The molecule has 1 saturated heterocycles. The highest BCUT2D eigenvalue weighted by atomic mass is 32.2. The number of carbonyl (C=O) groups is 1. The first-order chi connectivity index (χ1) is 17.6. The van der Waals surface area contributed by atoms with Crippen LogP contribution in [0.2, 0.25) is 0 Å². The van der Waals surface area contributed by atoms with Gasteiger partial charge in [0.2, 0.25) is 0 Å². The number of allylic oxidation sites excluding steroid dienone is 1. The summed E-state index contributed by atoms with van der Waals surface area (Å²) < 4.78 is 5.79. The standard InChI is InChI=1S/C31H43NO3S2/c1-29(2,3)35-28(34)32-21-8-5-19(6-9-21)24-18-30(4)25(11-12-26(30)33)23-10-7-20-17-31(36-15-16-37-31)14-13-22(20)27(23)24/h5-6,8-9,17,22-27,33H,7,10-16,18H2,1-4H3,(H,32,34). The first-order valence-electron chi connectivity index (χ1n) is 14.3. The Morgan fingerprint density at radius 2 is 1.78 bits per heavy atom. The molecule has 7 atom stereocenters. The first kappa shape index (κ1) is 26.1. The molecule has 202 valence electrons. The fraction of sp³-hybridized carbons (Fsp3) is 0.710. The summed E-state index contributed by atoms with van der Waals surface area (Å²) in [4.78, 5) is 12.3. The maximum absolute atomic E-state index is 12.3. The van der Waals surface area contributed by atoms with E-state index in [4.69, 9.17) is 4.74 Å². The maximum atomic E-state index is 12.3. The van der Waals surface area contributed by atoms with Crippen molar-refractivity contribution in [3.8, 4) is 0 Å². The van der Waals surface area contributed by atoms with Gasteiger partial charge in [0.15, 0.2) is 0 Å². The van der Waals surface area contributed by atoms with Crippen LogP contribution in [0.1, 0.15) is 84.1 Å². The van der Waals surface area contributed by atoms with Gasteiger partial charge in [-0.05, 0) is 118 Å². The molecule has 3 saturated carbocycles. The molecule has 1 amide bonds. The molecule has 4 aliphatic carbocycles. The van der Waals surface area contributed by atoms with Gasteiger partial charge < -0.3 is 9.84 Å². The van der Waals surface area contributed by atoms with Crippen LogP contribution >= 0.6 is 23.5 Å². The SMILES string of the molecule is CC(C)(C)OC(=O)Nc1ccc(C2CC3(C)C(O)CCC3C3CCC4=CC5(CCC4C23)SCCS5)cc1. The van der Waals surface area contributed by atoms with Crippen LogP contribution in [-0.2, 0) is 4.74 Å². The second kappa shape index (κ2) is 9.52. The van der Waals surface area contributed by atoms with Crippen LogP contribution < -0.4 is 5.32 Å². The average molecular weight is 542 g/mol. The predicted molar refractivity (Wildman–Crippen MR) is 155 cm³/mol. The molecule has 6 heteroatoms. The van der Waals surface area contributed by atoms with Crippen molar-refractivity contribution in [1.82, 2.24) is 0 Å². The molecular formula is C31H43NO3S2. The summed E-state index contributed by atoms with van der Waals surface area (Å²) in [6, 6.07) is 8.53. The molecule has 0 bridgehead atoms. The minimum Gasteiger partial charge on any atom is -0.444 e. The lowest BCUT2D eigenvalue weighted by molar-refractivity contribution is -0.0659. The van der Waals surface area contributed by atoms with Crippen molar-refractivity contribution in [2.75, 3.05) is 16.8 Å². The largest absolute Gasteiger partial charge is 0.444 e. The Balaban J connectivity index is 1.30. The van der Waals surface area contributed by atoms with E-state index in [2.05, 4.69) is 54.0 Å². The third-order valence-electron chi connectivity index (χ3n) is 10.2. The smallest absolute Gasteiger partial charge is 0.412 e. The zero-order valence-electron chi connectivity index (χ0n) is 22.8. The molecule has 5 aliphatic rings. The zero-order chi connectivity index (χ0) is 26.0. The van der Waals surface area contributed by atoms with Gasteiger partial charge in [-0.1, -0.05) is 30.7 Å². The number of rotatable bonds is 2. The Kier molecular flexibility index (Phi) is 6.72. The van der Waals surface area contributed by atoms with Gasteiger partial charge in [-0.15, -0.1) is 23.5 Å². The average Bonchev–Trinajstić information content (AvgIpc) is 3.41. The Labute approximate surface area is 231 Å².